The van der Waals surface area contributed by atoms with Crippen LogP contribution in [0.4, 0.5) is 0 Å². The number of carbonyl (C=O) groups excluding carboxylic acids is 1. The molecule has 2 unspecified atom stereocenters. The standard InChI is InChI=1S/C15H22N2O/c1-11-4-3-5-13(6-11)8-15(18)17-10-14(9-16)7-12(17)2/h3-6,12,14H,7-10,16H2,1-2H3. The Balaban J connectivity index is 2.00. The predicted molar refractivity (Wildman–Crippen MR) is 73.2 cm³/mol. The summed E-state index contributed by atoms with van der Waals surface area (Å²) in [5.41, 5.74) is 8.00. The summed E-state index contributed by atoms with van der Waals surface area (Å²) in [6.45, 7) is 5.67. The molecule has 2 rings (SSSR count). The first-order chi connectivity index (χ1) is 8.60. The first-order valence-electron chi connectivity index (χ1n) is 6.65. The van der Waals surface area contributed by atoms with Gasteiger partial charge < -0.3 is 10.6 Å². The van der Waals surface area contributed by atoms with Crippen molar-refractivity contribution in [1.82, 2.24) is 4.90 Å². The van der Waals surface area contributed by atoms with Gasteiger partial charge in [-0.15, -0.1) is 0 Å². The van der Waals surface area contributed by atoms with Crippen molar-refractivity contribution in [3.05, 3.63) is 35.4 Å². The molecule has 1 amide bonds. The summed E-state index contributed by atoms with van der Waals surface area (Å²) in [7, 11) is 0. The van der Waals surface area contributed by atoms with Crippen LogP contribution in [0.15, 0.2) is 24.3 Å². The molecule has 0 spiro atoms. The van der Waals surface area contributed by atoms with Crippen LogP contribution in [0.1, 0.15) is 24.5 Å². The second-order valence-electron chi connectivity index (χ2n) is 5.40. The van der Waals surface area contributed by atoms with E-state index in [4.69, 9.17) is 5.73 Å². The van der Waals surface area contributed by atoms with Crippen molar-refractivity contribution in [2.45, 2.75) is 32.7 Å². The minimum atomic E-state index is 0.226. The third kappa shape index (κ3) is 2.91. The predicted octanol–water partition coefficient (Wildman–Crippen LogP) is 1.73. The summed E-state index contributed by atoms with van der Waals surface area (Å²) in [5.74, 6) is 0.700. The minimum absolute atomic E-state index is 0.226. The van der Waals surface area contributed by atoms with E-state index in [1.54, 1.807) is 0 Å². The van der Waals surface area contributed by atoms with Gasteiger partial charge in [0.2, 0.25) is 5.91 Å². The zero-order valence-corrected chi connectivity index (χ0v) is 11.2. The molecule has 1 aromatic carbocycles. The molecule has 0 bridgehead atoms. The molecule has 1 fully saturated rings. The van der Waals surface area contributed by atoms with Gasteiger partial charge in [0.05, 0.1) is 6.42 Å². The lowest BCUT2D eigenvalue weighted by atomic mass is 10.1. The normalized spacial score (nSPS) is 23.4. The average molecular weight is 246 g/mol. The maximum Gasteiger partial charge on any atom is 0.227 e. The lowest BCUT2D eigenvalue weighted by Gasteiger charge is -2.21. The van der Waals surface area contributed by atoms with E-state index in [9.17, 15) is 4.79 Å². The van der Waals surface area contributed by atoms with Crippen molar-refractivity contribution in [3.63, 3.8) is 0 Å². The second kappa shape index (κ2) is 5.53. The molecule has 2 atom stereocenters. The van der Waals surface area contributed by atoms with E-state index >= 15 is 0 Å². The second-order valence-corrected chi connectivity index (χ2v) is 5.40. The van der Waals surface area contributed by atoms with Gasteiger partial charge in [-0.1, -0.05) is 29.8 Å². The van der Waals surface area contributed by atoms with Crippen LogP contribution in [-0.4, -0.2) is 29.9 Å². The van der Waals surface area contributed by atoms with E-state index in [2.05, 4.69) is 26.0 Å². The van der Waals surface area contributed by atoms with Crippen molar-refractivity contribution < 1.29 is 4.79 Å². The molecular weight excluding hydrogens is 224 g/mol. The molecule has 0 aromatic heterocycles. The zero-order chi connectivity index (χ0) is 13.1. The fourth-order valence-electron chi connectivity index (χ4n) is 2.76. The quantitative estimate of drug-likeness (QED) is 0.883. The molecule has 2 N–H and O–H groups in total. The van der Waals surface area contributed by atoms with Crippen LogP contribution in [0.5, 0.6) is 0 Å². The Labute approximate surface area is 109 Å². The SMILES string of the molecule is Cc1cccc(CC(=O)N2CC(CN)CC2C)c1. The lowest BCUT2D eigenvalue weighted by molar-refractivity contribution is -0.131. The van der Waals surface area contributed by atoms with Crippen molar-refractivity contribution in [2.75, 3.05) is 13.1 Å². The monoisotopic (exact) mass is 246 g/mol. The summed E-state index contributed by atoms with van der Waals surface area (Å²) in [5, 5.41) is 0. The van der Waals surface area contributed by atoms with Crippen molar-refractivity contribution >= 4 is 5.91 Å². The third-order valence-electron chi connectivity index (χ3n) is 3.75. The maximum absolute atomic E-state index is 12.3. The Kier molecular flexibility index (Phi) is 4.02. The Bertz CT molecular complexity index is 430. The highest BCUT2D eigenvalue weighted by molar-refractivity contribution is 5.79. The minimum Gasteiger partial charge on any atom is -0.339 e. The molecule has 0 saturated carbocycles. The average Bonchev–Trinajstić information content (AvgIpc) is 2.70. The molecule has 98 valence electrons. The van der Waals surface area contributed by atoms with Gasteiger partial charge in [-0.05, 0) is 38.3 Å². The molecule has 1 saturated heterocycles. The van der Waals surface area contributed by atoms with E-state index in [1.807, 2.05) is 17.0 Å². The van der Waals surface area contributed by atoms with Crippen molar-refractivity contribution in [1.29, 1.82) is 0 Å². The number of aryl methyl sites for hydroxylation is 1. The molecule has 0 radical (unpaired) electrons. The van der Waals surface area contributed by atoms with Crippen LogP contribution >= 0.6 is 0 Å². The summed E-state index contributed by atoms with van der Waals surface area (Å²) in [4.78, 5) is 14.3. The van der Waals surface area contributed by atoms with E-state index < -0.39 is 0 Å². The Morgan fingerprint density at radius 2 is 2.28 bits per heavy atom. The maximum atomic E-state index is 12.3. The fraction of sp³-hybridized carbons (Fsp3) is 0.533. The zero-order valence-electron chi connectivity index (χ0n) is 11.2. The van der Waals surface area contributed by atoms with Crippen LogP contribution in [0.25, 0.3) is 0 Å². The molecule has 0 aliphatic carbocycles. The number of hydrogen-bond donors (Lipinski definition) is 1. The Hall–Kier alpha value is -1.35. The van der Waals surface area contributed by atoms with E-state index in [1.165, 1.54) is 5.56 Å². The molecule has 1 aliphatic rings. The highest BCUT2D eigenvalue weighted by atomic mass is 16.2. The first kappa shape index (κ1) is 13.1. The highest BCUT2D eigenvalue weighted by Crippen LogP contribution is 2.23. The van der Waals surface area contributed by atoms with Gasteiger partial charge in [0.15, 0.2) is 0 Å². The molecule has 18 heavy (non-hydrogen) atoms. The number of nitrogens with zero attached hydrogens (tertiary/aromatic N) is 1. The topological polar surface area (TPSA) is 46.3 Å². The van der Waals surface area contributed by atoms with Crippen molar-refractivity contribution in [2.24, 2.45) is 11.7 Å². The van der Waals surface area contributed by atoms with Gasteiger partial charge in [0.1, 0.15) is 0 Å². The fourth-order valence-corrected chi connectivity index (χ4v) is 2.76. The number of hydrogen-bond acceptors (Lipinski definition) is 2. The van der Waals surface area contributed by atoms with Gasteiger partial charge in [0.25, 0.3) is 0 Å². The van der Waals surface area contributed by atoms with Gasteiger partial charge in [-0.3, -0.25) is 4.79 Å². The number of benzene rings is 1. The largest absolute Gasteiger partial charge is 0.339 e. The van der Waals surface area contributed by atoms with E-state index in [0.717, 1.165) is 18.5 Å². The van der Waals surface area contributed by atoms with E-state index in [0.29, 0.717) is 24.9 Å². The molecule has 3 nitrogen and oxygen atoms in total. The van der Waals surface area contributed by atoms with Gasteiger partial charge in [-0.25, -0.2) is 0 Å². The smallest absolute Gasteiger partial charge is 0.227 e. The Morgan fingerprint density at radius 1 is 1.50 bits per heavy atom. The lowest BCUT2D eigenvalue weighted by Crippen LogP contribution is -2.35. The first-order valence-corrected chi connectivity index (χ1v) is 6.65. The van der Waals surface area contributed by atoms with Gasteiger partial charge >= 0.3 is 0 Å². The number of carbonyl (C=O) groups is 1. The van der Waals surface area contributed by atoms with Gasteiger partial charge in [-0.2, -0.15) is 0 Å². The summed E-state index contributed by atoms with van der Waals surface area (Å²) >= 11 is 0. The third-order valence-corrected chi connectivity index (χ3v) is 3.75. The number of nitrogens with two attached hydrogens (primary N) is 1. The highest BCUT2D eigenvalue weighted by Gasteiger charge is 2.31. The molecule has 1 aromatic rings. The number of amides is 1. The van der Waals surface area contributed by atoms with Crippen LogP contribution in [0.2, 0.25) is 0 Å². The Morgan fingerprint density at radius 3 is 2.89 bits per heavy atom. The molecular formula is C15H22N2O. The number of rotatable bonds is 3. The summed E-state index contributed by atoms with van der Waals surface area (Å²) < 4.78 is 0. The van der Waals surface area contributed by atoms with E-state index in [-0.39, 0.29) is 5.91 Å². The van der Waals surface area contributed by atoms with Crippen LogP contribution in [0.3, 0.4) is 0 Å². The molecule has 1 heterocycles. The van der Waals surface area contributed by atoms with Crippen LogP contribution < -0.4 is 5.73 Å². The van der Waals surface area contributed by atoms with Crippen LogP contribution in [0, 0.1) is 12.8 Å². The summed E-state index contributed by atoms with van der Waals surface area (Å²) in [6, 6.07) is 8.49. The molecule has 1 aliphatic heterocycles. The summed E-state index contributed by atoms with van der Waals surface area (Å²) in [6.07, 6.45) is 1.54. The molecule has 3 heteroatoms. The van der Waals surface area contributed by atoms with Crippen LogP contribution in [-0.2, 0) is 11.2 Å². The van der Waals surface area contributed by atoms with Gasteiger partial charge in [0, 0.05) is 12.6 Å². The number of likely N-dealkylation sites (tertiary alicyclic amines) is 1. The van der Waals surface area contributed by atoms with Crippen molar-refractivity contribution in [3.8, 4) is 0 Å².